The van der Waals surface area contributed by atoms with Crippen LogP contribution in [0.25, 0.3) is 0 Å². The van der Waals surface area contributed by atoms with Gasteiger partial charge >= 0.3 is 0 Å². The molecular weight excluding hydrogens is 226 g/mol. The number of nitrogens with zero attached hydrogens (tertiary/aromatic N) is 2. The van der Waals surface area contributed by atoms with Crippen LogP contribution in [-0.4, -0.2) is 32.9 Å². The smallest absolute Gasteiger partial charge is 0.272 e. The third kappa shape index (κ3) is 4.24. The molecule has 0 saturated heterocycles. The Morgan fingerprint density at radius 3 is 2.94 bits per heavy atom. The maximum atomic E-state index is 11.6. The predicted molar refractivity (Wildman–Crippen MR) is 62.3 cm³/mol. The number of aromatic nitrogens is 2. The Morgan fingerprint density at radius 2 is 2.38 bits per heavy atom. The Bertz CT molecular complexity index is 325. The third-order valence-corrected chi connectivity index (χ3v) is 2.81. The van der Waals surface area contributed by atoms with Gasteiger partial charge in [0.25, 0.3) is 5.91 Å². The van der Waals surface area contributed by atoms with Crippen LogP contribution in [-0.2, 0) is 0 Å². The lowest BCUT2D eigenvalue weighted by Gasteiger charge is -2.24. The first kappa shape index (κ1) is 13.1. The average Bonchev–Trinajstić information content (AvgIpc) is 2.77. The van der Waals surface area contributed by atoms with Crippen LogP contribution in [0.3, 0.4) is 0 Å². The van der Waals surface area contributed by atoms with E-state index in [-0.39, 0.29) is 17.9 Å². The van der Waals surface area contributed by atoms with Crippen LogP contribution in [0.4, 0.5) is 0 Å². The van der Waals surface area contributed by atoms with E-state index in [4.69, 9.17) is 5.11 Å². The van der Waals surface area contributed by atoms with Gasteiger partial charge in [-0.25, -0.2) is 0 Å². The van der Waals surface area contributed by atoms with Gasteiger partial charge in [-0.3, -0.25) is 4.79 Å². The molecule has 5 nitrogen and oxygen atoms in total. The summed E-state index contributed by atoms with van der Waals surface area (Å²) in [6.07, 6.45) is 3.08. The first-order chi connectivity index (χ1) is 7.55. The van der Waals surface area contributed by atoms with Crippen molar-refractivity contribution in [1.82, 2.24) is 14.1 Å². The van der Waals surface area contributed by atoms with Crippen LogP contribution >= 0.6 is 11.7 Å². The van der Waals surface area contributed by atoms with Gasteiger partial charge in [0.1, 0.15) is 0 Å². The molecule has 90 valence electrons. The molecule has 0 aliphatic heterocycles. The molecule has 1 aromatic rings. The van der Waals surface area contributed by atoms with Crippen LogP contribution in [0, 0.1) is 5.41 Å². The van der Waals surface area contributed by atoms with Gasteiger partial charge in [-0.2, -0.15) is 8.75 Å². The molecular formula is C10H17N3O2S. The van der Waals surface area contributed by atoms with Crippen molar-refractivity contribution in [2.45, 2.75) is 26.7 Å². The summed E-state index contributed by atoms with van der Waals surface area (Å²) in [6, 6.07) is 0. The predicted octanol–water partition coefficient (Wildman–Crippen LogP) is 1.07. The fraction of sp³-hybridized carbons (Fsp3) is 0.700. The lowest BCUT2D eigenvalue weighted by molar-refractivity contribution is 0.0929. The van der Waals surface area contributed by atoms with Crippen LogP contribution in [0.15, 0.2) is 6.20 Å². The molecule has 16 heavy (non-hydrogen) atoms. The van der Waals surface area contributed by atoms with Crippen LogP contribution in [0.1, 0.15) is 37.2 Å². The molecule has 0 bridgehead atoms. The SMILES string of the molecule is CC(C)(CCCO)CNC(=O)c1cnsn1. The van der Waals surface area contributed by atoms with E-state index in [9.17, 15) is 4.79 Å². The summed E-state index contributed by atoms with van der Waals surface area (Å²) in [7, 11) is 0. The standard InChI is InChI=1S/C10H17N3O2S/c1-10(2,4-3-5-14)7-11-9(15)8-6-12-16-13-8/h6,14H,3-5,7H2,1-2H3,(H,11,15). The first-order valence-corrected chi connectivity index (χ1v) is 5.95. The Labute approximate surface area is 99.2 Å². The molecule has 0 aliphatic rings. The molecule has 0 spiro atoms. The fourth-order valence-corrected chi connectivity index (χ4v) is 1.73. The molecule has 1 rings (SSSR count). The van der Waals surface area contributed by atoms with Gasteiger partial charge < -0.3 is 10.4 Å². The van der Waals surface area contributed by atoms with E-state index in [0.29, 0.717) is 12.2 Å². The second-order valence-electron chi connectivity index (χ2n) is 4.47. The summed E-state index contributed by atoms with van der Waals surface area (Å²) in [5, 5.41) is 11.6. The largest absolute Gasteiger partial charge is 0.396 e. The molecule has 0 unspecified atom stereocenters. The van der Waals surface area contributed by atoms with Crippen LogP contribution in [0.5, 0.6) is 0 Å². The zero-order valence-corrected chi connectivity index (χ0v) is 10.4. The number of hydrogen-bond acceptors (Lipinski definition) is 5. The third-order valence-electron chi connectivity index (χ3n) is 2.33. The number of aliphatic hydroxyl groups is 1. The van der Waals surface area contributed by atoms with E-state index in [2.05, 4.69) is 27.9 Å². The zero-order valence-electron chi connectivity index (χ0n) is 9.56. The molecule has 0 aliphatic carbocycles. The molecule has 1 heterocycles. The van der Waals surface area contributed by atoms with Crippen molar-refractivity contribution in [2.75, 3.05) is 13.2 Å². The van der Waals surface area contributed by atoms with E-state index in [0.717, 1.165) is 24.6 Å². The maximum absolute atomic E-state index is 11.6. The monoisotopic (exact) mass is 243 g/mol. The molecule has 6 heteroatoms. The number of amides is 1. The molecule has 0 radical (unpaired) electrons. The van der Waals surface area contributed by atoms with E-state index in [1.165, 1.54) is 6.20 Å². The maximum Gasteiger partial charge on any atom is 0.272 e. The summed E-state index contributed by atoms with van der Waals surface area (Å²) in [6.45, 7) is 4.88. The van der Waals surface area contributed by atoms with E-state index >= 15 is 0 Å². The van der Waals surface area contributed by atoms with Crippen molar-refractivity contribution < 1.29 is 9.90 Å². The summed E-state index contributed by atoms with van der Waals surface area (Å²) in [5.74, 6) is -0.189. The van der Waals surface area contributed by atoms with Gasteiger partial charge in [0.2, 0.25) is 0 Å². The highest BCUT2D eigenvalue weighted by molar-refractivity contribution is 6.99. The van der Waals surface area contributed by atoms with Crippen molar-refractivity contribution in [3.63, 3.8) is 0 Å². The summed E-state index contributed by atoms with van der Waals surface area (Å²) in [5.41, 5.74) is 0.352. The van der Waals surface area contributed by atoms with E-state index < -0.39 is 0 Å². The second-order valence-corrected chi connectivity index (χ2v) is 5.02. The van der Waals surface area contributed by atoms with Gasteiger partial charge in [-0.05, 0) is 18.3 Å². The topological polar surface area (TPSA) is 75.1 Å². The fourth-order valence-electron chi connectivity index (χ4n) is 1.32. The highest BCUT2D eigenvalue weighted by Gasteiger charge is 2.19. The number of carbonyl (C=O) groups is 1. The van der Waals surface area contributed by atoms with Gasteiger partial charge in [-0.1, -0.05) is 13.8 Å². The highest BCUT2D eigenvalue weighted by Crippen LogP contribution is 2.20. The number of nitrogens with one attached hydrogen (secondary N) is 1. The van der Waals surface area contributed by atoms with Gasteiger partial charge in [0, 0.05) is 13.2 Å². The van der Waals surface area contributed by atoms with Gasteiger partial charge in [0.05, 0.1) is 17.9 Å². The lowest BCUT2D eigenvalue weighted by Crippen LogP contribution is -2.34. The quantitative estimate of drug-likeness (QED) is 0.783. The minimum absolute atomic E-state index is 0.0121. The number of rotatable bonds is 6. The normalized spacial score (nSPS) is 11.4. The number of aliphatic hydroxyl groups excluding tert-OH is 1. The molecule has 1 aromatic heterocycles. The molecule has 1 amide bonds. The molecule has 0 atom stereocenters. The van der Waals surface area contributed by atoms with Crippen molar-refractivity contribution in [3.05, 3.63) is 11.9 Å². The Balaban J connectivity index is 2.36. The summed E-state index contributed by atoms with van der Waals surface area (Å²) in [4.78, 5) is 11.6. The zero-order chi connectivity index (χ0) is 12.0. The molecule has 0 aromatic carbocycles. The van der Waals surface area contributed by atoms with Gasteiger partial charge in [0.15, 0.2) is 5.69 Å². The van der Waals surface area contributed by atoms with E-state index in [1.807, 2.05) is 0 Å². The van der Waals surface area contributed by atoms with Crippen molar-refractivity contribution in [3.8, 4) is 0 Å². The average molecular weight is 243 g/mol. The summed E-state index contributed by atoms with van der Waals surface area (Å²) >= 11 is 1.02. The Kier molecular flexibility index (Phi) is 4.82. The first-order valence-electron chi connectivity index (χ1n) is 5.22. The lowest BCUT2D eigenvalue weighted by atomic mass is 9.88. The Hall–Kier alpha value is -1.01. The number of carbonyl (C=O) groups excluding carboxylic acids is 1. The second kappa shape index (κ2) is 5.91. The Morgan fingerprint density at radius 1 is 1.62 bits per heavy atom. The minimum atomic E-state index is -0.189. The van der Waals surface area contributed by atoms with Crippen LogP contribution in [0.2, 0.25) is 0 Å². The van der Waals surface area contributed by atoms with Crippen molar-refractivity contribution in [1.29, 1.82) is 0 Å². The van der Waals surface area contributed by atoms with Crippen LogP contribution < -0.4 is 5.32 Å². The highest BCUT2D eigenvalue weighted by atomic mass is 32.1. The van der Waals surface area contributed by atoms with E-state index in [1.54, 1.807) is 0 Å². The van der Waals surface area contributed by atoms with Gasteiger partial charge in [-0.15, -0.1) is 0 Å². The van der Waals surface area contributed by atoms with Crippen molar-refractivity contribution in [2.24, 2.45) is 5.41 Å². The minimum Gasteiger partial charge on any atom is -0.396 e. The summed E-state index contributed by atoms with van der Waals surface area (Å²) < 4.78 is 7.63. The number of hydrogen-bond donors (Lipinski definition) is 2. The van der Waals surface area contributed by atoms with Crippen molar-refractivity contribution >= 4 is 17.6 Å². The molecule has 0 saturated carbocycles. The molecule has 0 fully saturated rings. The molecule has 2 N–H and O–H groups in total.